The molecule has 1 aromatic rings. The van der Waals surface area contributed by atoms with E-state index in [9.17, 15) is 9.59 Å². The molecule has 0 saturated carbocycles. The second kappa shape index (κ2) is 5.50. The Balaban J connectivity index is 3.03. The molecular weight excluding hydrogens is 232 g/mol. The van der Waals surface area contributed by atoms with Gasteiger partial charge >= 0.3 is 11.9 Å². The van der Waals surface area contributed by atoms with Crippen LogP contribution in [0.2, 0.25) is 0 Å². The summed E-state index contributed by atoms with van der Waals surface area (Å²) in [4.78, 5) is 23.3. The van der Waals surface area contributed by atoms with E-state index in [0.29, 0.717) is 10.6 Å². The van der Waals surface area contributed by atoms with Gasteiger partial charge in [-0.3, -0.25) is 0 Å². The SMILES string of the molecule is CCOC(=O)c1sc(C(=O)OC)cc1OC. The topological polar surface area (TPSA) is 61.8 Å². The van der Waals surface area contributed by atoms with Gasteiger partial charge in [0.25, 0.3) is 0 Å². The molecule has 0 aromatic carbocycles. The van der Waals surface area contributed by atoms with Crippen molar-refractivity contribution in [2.45, 2.75) is 6.92 Å². The van der Waals surface area contributed by atoms with E-state index in [1.54, 1.807) is 6.92 Å². The molecule has 0 N–H and O–H groups in total. The molecule has 0 spiro atoms. The van der Waals surface area contributed by atoms with Crippen LogP contribution in [0, 0.1) is 0 Å². The summed E-state index contributed by atoms with van der Waals surface area (Å²) in [6.45, 7) is 1.98. The molecule has 0 radical (unpaired) electrons. The van der Waals surface area contributed by atoms with Crippen LogP contribution in [-0.4, -0.2) is 32.8 Å². The maximum atomic E-state index is 11.5. The number of carbonyl (C=O) groups is 2. The lowest BCUT2D eigenvalue weighted by Gasteiger charge is -2.00. The van der Waals surface area contributed by atoms with E-state index in [-0.39, 0.29) is 11.5 Å². The van der Waals surface area contributed by atoms with E-state index >= 15 is 0 Å². The van der Waals surface area contributed by atoms with Crippen molar-refractivity contribution in [1.29, 1.82) is 0 Å². The molecule has 1 heterocycles. The van der Waals surface area contributed by atoms with Crippen LogP contribution in [0.3, 0.4) is 0 Å². The predicted octanol–water partition coefficient (Wildman–Crippen LogP) is 1.72. The summed E-state index contributed by atoms with van der Waals surface area (Å²) < 4.78 is 14.4. The first kappa shape index (κ1) is 12.5. The zero-order chi connectivity index (χ0) is 12.1. The van der Waals surface area contributed by atoms with Gasteiger partial charge in [0.1, 0.15) is 10.6 Å². The van der Waals surface area contributed by atoms with Gasteiger partial charge in [-0.25, -0.2) is 9.59 Å². The van der Waals surface area contributed by atoms with Crippen LogP contribution >= 0.6 is 11.3 Å². The fraction of sp³-hybridized carbons (Fsp3) is 0.400. The van der Waals surface area contributed by atoms with Gasteiger partial charge in [-0.2, -0.15) is 0 Å². The minimum atomic E-state index is -0.501. The summed E-state index contributed by atoms with van der Waals surface area (Å²) in [6.07, 6.45) is 0. The summed E-state index contributed by atoms with van der Waals surface area (Å²) in [5, 5.41) is 0. The highest BCUT2D eigenvalue weighted by molar-refractivity contribution is 7.16. The van der Waals surface area contributed by atoms with Gasteiger partial charge in [-0.05, 0) is 6.92 Å². The Hall–Kier alpha value is -1.56. The van der Waals surface area contributed by atoms with Crippen LogP contribution < -0.4 is 4.74 Å². The monoisotopic (exact) mass is 244 g/mol. The number of rotatable bonds is 4. The Morgan fingerprint density at radius 2 is 2.00 bits per heavy atom. The molecule has 0 atom stereocenters. The van der Waals surface area contributed by atoms with E-state index in [4.69, 9.17) is 9.47 Å². The highest BCUT2D eigenvalue weighted by Gasteiger charge is 2.21. The fourth-order valence-electron chi connectivity index (χ4n) is 1.07. The normalized spacial score (nSPS) is 9.69. The molecule has 0 bridgehead atoms. The van der Waals surface area contributed by atoms with Crippen molar-refractivity contribution in [3.63, 3.8) is 0 Å². The minimum absolute atomic E-state index is 0.268. The second-order valence-corrected chi connectivity index (χ2v) is 3.77. The molecule has 88 valence electrons. The van der Waals surface area contributed by atoms with Gasteiger partial charge in [-0.1, -0.05) is 0 Å². The Labute approximate surface area is 96.9 Å². The number of ether oxygens (including phenoxy) is 3. The summed E-state index contributed by atoms with van der Waals surface area (Å²) in [7, 11) is 2.70. The number of hydrogen-bond donors (Lipinski definition) is 0. The van der Waals surface area contributed by atoms with Crippen molar-refractivity contribution in [2.24, 2.45) is 0 Å². The standard InChI is InChI=1S/C10H12O5S/c1-4-15-10(12)8-6(13-2)5-7(16-8)9(11)14-3/h5H,4H2,1-3H3. The average Bonchev–Trinajstić information content (AvgIpc) is 2.72. The van der Waals surface area contributed by atoms with E-state index < -0.39 is 11.9 Å². The van der Waals surface area contributed by atoms with E-state index in [1.165, 1.54) is 20.3 Å². The molecule has 5 nitrogen and oxygen atoms in total. The smallest absolute Gasteiger partial charge is 0.352 e. The fourth-order valence-corrected chi connectivity index (χ4v) is 2.00. The molecule has 1 rings (SSSR count). The van der Waals surface area contributed by atoms with E-state index in [0.717, 1.165) is 11.3 Å². The predicted molar refractivity (Wildman–Crippen MR) is 58.2 cm³/mol. The first-order valence-electron chi connectivity index (χ1n) is 4.57. The van der Waals surface area contributed by atoms with Crippen LogP contribution in [0.4, 0.5) is 0 Å². The molecule has 0 fully saturated rings. The number of carbonyl (C=O) groups excluding carboxylic acids is 2. The molecule has 0 aliphatic carbocycles. The molecule has 0 unspecified atom stereocenters. The molecule has 6 heteroatoms. The quantitative estimate of drug-likeness (QED) is 0.755. The molecule has 0 amide bonds. The van der Waals surface area contributed by atoms with Gasteiger partial charge in [-0.15, -0.1) is 11.3 Å². The third-order valence-electron chi connectivity index (χ3n) is 1.77. The summed E-state index contributed by atoms with van der Waals surface area (Å²) in [5.74, 6) is -0.679. The molecule has 0 saturated heterocycles. The van der Waals surface area contributed by atoms with Crippen LogP contribution in [0.1, 0.15) is 26.3 Å². The van der Waals surface area contributed by atoms with Crippen molar-refractivity contribution in [2.75, 3.05) is 20.8 Å². The second-order valence-electron chi connectivity index (χ2n) is 2.72. The highest BCUT2D eigenvalue weighted by Crippen LogP contribution is 2.30. The first-order chi connectivity index (χ1) is 7.63. The van der Waals surface area contributed by atoms with E-state index in [2.05, 4.69) is 4.74 Å². The number of thiophene rings is 1. The molecule has 16 heavy (non-hydrogen) atoms. The maximum Gasteiger partial charge on any atom is 0.352 e. The molecule has 0 aliphatic heterocycles. The molecule has 1 aromatic heterocycles. The minimum Gasteiger partial charge on any atom is -0.495 e. The maximum absolute atomic E-state index is 11.5. The largest absolute Gasteiger partial charge is 0.495 e. The third kappa shape index (κ3) is 2.52. The Morgan fingerprint density at radius 1 is 1.31 bits per heavy atom. The average molecular weight is 244 g/mol. The summed E-state index contributed by atoms with van der Waals surface area (Å²) in [6, 6.07) is 1.46. The van der Waals surface area contributed by atoms with Gasteiger partial charge in [0.05, 0.1) is 20.8 Å². The van der Waals surface area contributed by atoms with Crippen molar-refractivity contribution < 1.29 is 23.8 Å². The van der Waals surface area contributed by atoms with Gasteiger partial charge < -0.3 is 14.2 Å². The Bertz CT molecular complexity index is 396. The molecule has 0 aliphatic rings. The van der Waals surface area contributed by atoms with Gasteiger partial charge in [0.2, 0.25) is 0 Å². The van der Waals surface area contributed by atoms with Crippen LogP contribution in [0.25, 0.3) is 0 Å². The van der Waals surface area contributed by atoms with Crippen LogP contribution in [0.15, 0.2) is 6.07 Å². The van der Waals surface area contributed by atoms with Crippen molar-refractivity contribution in [3.8, 4) is 5.75 Å². The number of methoxy groups -OCH3 is 2. The zero-order valence-electron chi connectivity index (χ0n) is 9.23. The summed E-state index contributed by atoms with van der Waals surface area (Å²) in [5.41, 5.74) is 0. The van der Waals surface area contributed by atoms with Crippen LogP contribution in [-0.2, 0) is 9.47 Å². The van der Waals surface area contributed by atoms with E-state index in [1.807, 2.05) is 0 Å². The number of hydrogen-bond acceptors (Lipinski definition) is 6. The molecular formula is C10H12O5S. The third-order valence-corrected chi connectivity index (χ3v) is 2.84. The van der Waals surface area contributed by atoms with Crippen molar-refractivity contribution in [3.05, 3.63) is 15.8 Å². The lowest BCUT2D eigenvalue weighted by Crippen LogP contribution is -2.03. The lowest BCUT2D eigenvalue weighted by atomic mass is 10.4. The highest BCUT2D eigenvalue weighted by atomic mass is 32.1. The van der Waals surface area contributed by atoms with Crippen molar-refractivity contribution in [1.82, 2.24) is 0 Å². The lowest BCUT2D eigenvalue weighted by molar-refractivity contribution is 0.0528. The summed E-state index contributed by atoms with van der Waals surface area (Å²) >= 11 is 0.991. The van der Waals surface area contributed by atoms with Crippen molar-refractivity contribution >= 4 is 23.3 Å². The first-order valence-corrected chi connectivity index (χ1v) is 5.38. The van der Waals surface area contributed by atoms with Gasteiger partial charge in [0, 0.05) is 6.07 Å². The van der Waals surface area contributed by atoms with Crippen LogP contribution in [0.5, 0.6) is 5.75 Å². The zero-order valence-corrected chi connectivity index (χ0v) is 10.1. The Morgan fingerprint density at radius 3 is 2.50 bits per heavy atom. The Kier molecular flexibility index (Phi) is 4.30. The van der Waals surface area contributed by atoms with Gasteiger partial charge in [0.15, 0.2) is 4.88 Å². The number of esters is 2.